The Bertz CT molecular complexity index is 1090. The Balaban J connectivity index is 1.99. The molecule has 0 spiro atoms. The Morgan fingerprint density at radius 2 is 1.86 bits per heavy atom. The molecule has 1 N–H and O–H groups in total. The standard InChI is InChI=1S/C21H19N/c1-21(2)9-5-6-13-10-14-11-19-17(12-16(14)20(13)21)15-7-3-4-8-18(15)22-19/h3-4,6-8,10-12,22H,5,9H2,1-2H3. The highest BCUT2D eigenvalue weighted by atomic mass is 14.7. The molecule has 3 aromatic rings. The number of aromatic amines is 1. The predicted octanol–water partition coefficient (Wildman–Crippen LogP) is 4.01. The molecule has 1 aromatic heterocycles. The summed E-state index contributed by atoms with van der Waals surface area (Å²) in [6.45, 7) is 4.77. The van der Waals surface area contributed by atoms with Crippen LogP contribution in [0, 0.1) is 5.41 Å². The molecule has 0 fully saturated rings. The summed E-state index contributed by atoms with van der Waals surface area (Å²) in [4.78, 5) is 3.56. The molecule has 1 nitrogen and oxygen atoms in total. The molecule has 1 heteroatoms. The molecule has 1 heterocycles. The summed E-state index contributed by atoms with van der Waals surface area (Å²) in [5.74, 6) is 0. The molecule has 0 amide bonds. The van der Waals surface area contributed by atoms with Crippen LogP contribution < -0.4 is 10.4 Å². The third kappa shape index (κ3) is 1.49. The van der Waals surface area contributed by atoms with Gasteiger partial charge in [-0.15, -0.1) is 0 Å². The molecular weight excluding hydrogens is 266 g/mol. The zero-order chi connectivity index (χ0) is 14.9. The van der Waals surface area contributed by atoms with Crippen LogP contribution >= 0.6 is 0 Å². The van der Waals surface area contributed by atoms with Crippen molar-refractivity contribution in [3.8, 4) is 0 Å². The van der Waals surface area contributed by atoms with Crippen LogP contribution in [0.5, 0.6) is 0 Å². The van der Waals surface area contributed by atoms with E-state index >= 15 is 0 Å². The fraction of sp³-hybridized carbons (Fsp3) is 0.238. The molecule has 2 aromatic carbocycles. The summed E-state index contributed by atoms with van der Waals surface area (Å²) in [5, 5.41) is 5.48. The van der Waals surface area contributed by atoms with Gasteiger partial charge in [0.1, 0.15) is 0 Å². The molecule has 0 saturated carbocycles. The minimum absolute atomic E-state index is 0.269. The number of hydrogen-bond acceptors (Lipinski definition) is 0. The molecule has 0 atom stereocenters. The maximum absolute atomic E-state index is 3.56. The van der Waals surface area contributed by atoms with E-state index in [1.165, 1.54) is 50.7 Å². The first-order valence-corrected chi connectivity index (χ1v) is 8.11. The number of allylic oxidation sites excluding steroid dienone is 2. The Morgan fingerprint density at radius 3 is 2.77 bits per heavy atom. The van der Waals surface area contributed by atoms with Gasteiger partial charge in [-0.25, -0.2) is 0 Å². The van der Waals surface area contributed by atoms with Gasteiger partial charge in [0.15, 0.2) is 0 Å². The highest BCUT2D eigenvalue weighted by Gasteiger charge is 2.30. The van der Waals surface area contributed by atoms with Crippen molar-refractivity contribution < 1.29 is 0 Å². The Hall–Kier alpha value is -2.28. The van der Waals surface area contributed by atoms with Crippen molar-refractivity contribution in [3.63, 3.8) is 0 Å². The number of H-pyrrole nitrogens is 1. The van der Waals surface area contributed by atoms with E-state index in [0.717, 1.165) is 0 Å². The zero-order valence-electron chi connectivity index (χ0n) is 13.0. The van der Waals surface area contributed by atoms with Crippen molar-refractivity contribution >= 4 is 33.5 Å². The average Bonchev–Trinajstić information content (AvgIpc) is 3.02. The van der Waals surface area contributed by atoms with Crippen LogP contribution in [0.1, 0.15) is 26.7 Å². The van der Waals surface area contributed by atoms with Gasteiger partial charge in [0.25, 0.3) is 0 Å². The van der Waals surface area contributed by atoms with Gasteiger partial charge in [-0.2, -0.15) is 0 Å². The first-order chi connectivity index (χ1) is 10.6. The lowest BCUT2D eigenvalue weighted by molar-refractivity contribution is 0.450. The van der Waals surface area contributed by atoms with Crippen LogP contribution in [0.3, 0.4) is 0 Å². The number of aromatic nitrogens is 1. The molecule has 2 aliphatic rings. The summed E-state index contributed by atoms with van der Waals surface area (Å²) < 4.78 is 0. The molecule has 108 valence electrons. The highest BCUT2D eigenvalue weighted by Crippen LogP contribution is 2.42. The van der Waals surface area contributed by atoms with E-state index in [-0.39, 0.29) is 5.41 Å². The number of benzene rings is 2. The normalized spacial score (nSPS) is 19.0. The van der Waals surface area contributed by atoms with E-state index in [1.54, 1.807) is 5.57 Å². The first kappa shape index (κ1) is 12.3. The Labute approximate surface area is 129 Å². The average molecular weight is 285 g/mol. The van der Waals surface area contributed by atoms with Gasteiger partial charge >= 0.3 is 0 Å². The maximum Gasteiger partial charge on any atom is 0.0471 e. The quantitative estimate of drug-likeness (QED) is 0.642. The summed E-state index contributed by atoms with van der Waals surface area (Å²) in [7, 11) is 0. The van der Waals surface area contributed by atoms with Crippen molar-refractivity contribution in [2.75, 3.05) is 0 Å². The second kappa shape index (κ2) is 3.92. The van der Waals surface area contributed by atoms with Gasteiger partial charge in [-0.3, -0.25) is 0 Å². The van der Waals surface area contributed by atoms with Crippen LogP contribution in [0.4, 0.5) is 0 Å². The minimum atomic E-state index is 0.269. The third-order valence-corrected chi connectivity index (χ3v) is 5.36. The van der Waals surface area contributed by atoms with E-state index < -0.39 is 0 Å². The molecule has 0 saturated heterocycles. The summed E-state index contributed by atoms with van der Waals surface area (Å²) in [6.07, 6.45) is 7.21. The SMILES string of the molecule is CC1(C)CCC=C2C=c3cc4[nH]c5ccccc5c4cc3=C21. The first-order valence-electron chi connectivity index (χ1n) is 8.11. The molecule has 5 rings (SSSR count). The van der Waals surface area contributed by atoms with Gasteiger partial charge in [0, 0.05) is 21.8 Å². The molecule has 0 radical (unpaired) electrons. The van der Waals surface area contributed by atoms with Gasteiger partial charge < -0.3 is 4.98 Å². The van der Waals surface area contributed by atoms with Crippen molar-refractivity contribution in [2.45, 2.75) is 26.7 Å². The molecular formula is C21H19N. The molecule has 0 bridgehead atoms. The highest BCUT2D eigenvalue weighted by molar-refractivity contribution is 6.07. The van der Waals surface area contributed by atoms with Crippen LogP contribution in [-0.2, 0) is 0 Å². The topological polar surface area (TPSA) is 15.8 Å². The number of fused-ring (bicyclic) bond motifs is 5. The summed E-state index contributed by atoms with van der Waals surface area (Å²) in [5.41, 5.74) is 5.73. The number of nitrogens with one attached hydrogen (secondary N) is 1. The van der Waals surface area contributed by atoms with Crippen molar-refractivity contribution in [1.82, 2.24) is 4.98 Å². The van der Waals surface area contributed by atoms with Gasteiger partial charge in [0.05, 0.1) is 0 Å². The second-order valence-electron chi connectivity index (χ2n) is 7.26. The van der Waals surface area contributed by atoms with E-state index in [1.807, 2.05) is 0 Å². The fourth-order valence-corrected chi connectivity index (χ4v) is 4.28. The second-order valence-corrected chi connectivity index (χ2v) is 7.26. The lowest BCUT2D eigenvalue weighted by atomic mass is 9.73. The fourth-order valence-electron chi connectivity index (χ4n) is 4.28. The lowest BCUT2D eigenvalue weighted by Crippen LogP contribution is -2.28. The van der Waals surface area contributed by atoms with Crippen LogP contribution in [-0.4, -0.2) is 4.98 Å². The van der Waals surface area contributed by atoms with E-state index in [2.05, 4.69) is 67.4 Å². The van der Waals surface area contributed by atoms with Gasteiger partial charge in [0.2, 0.25) is 0 Å². The molecule has 22 heavy (non-hydrogen) atoms. The Morgan fingerprint density at radius 1 is 1.00 bits per heavy atom. The van der Waals surface area contributed by atoms with Gasteiger partial charge in [-0.05, 0) is 64.1 Å². The minimum Gasteiger partial charge on any atom is -0.354 e. The van der Waals surface area contributed by atoms with Crippen LogP contribution in [0.15, 0.2) is 48.0 Å². The summed E-state index contributed by atoms with van der Waals surface area (Å²) in [6, 6.07) is 13.3. The van der Waals surface area contributed by atoms with Crippen LogP contribution in [0.2, 0.25) is 0 Å². The van der Waals surface area contributed by atoms with E-state index in [4.69, 9.17) is 0 Å². The predicted molar refractivity (Wildman–Crippen MR) is 94.0 cm³/mol. The number of hydrogen-bond donors (Lipinski definition) is 1. The van der Waals surface area contributed by atoms with E-state index in [0.29, 0.717) is 0 Å². The molecule has 2 aliphatic carbocycles. The lowest BCUT2D eigenvalue weighted by Gasteiger charge is -2.31. The Kier molecular flexibility index (Phi) is 2.19. The van der Waals surface area contributed by atoms with Crippen molar-refractivity contribution in [1.29, 1.82) is 0 Å². The number of para-hydroxylation sites is 1. The van der Waals surface area contributed by atoms with Crippen LogP contribution in [0.25, 0.3) is 33.5 Å². The number of rotatable bonds is 0. The summed E-state index contributed by atoms with van der Waals surface area (Å²) >= 11 is 0. The molecule has 0 unspecified atom stereocenters. The third-order valence-electron chi connectivity index (χ3n) is 5.36. The largest absolute Gasteiger partial charge is 0.354 e. The maximum atomic E-state index is 3.56. The van der Waals surface area contributed by atoms with Gasteiger partial charge in [-0.1, -0.05) is 38.1 Å². The zero-order valence-corrected chi connectivity index (χ0v) is 13.0. The smallest absolute Gasteiger partial charge is 0.0471 e. The monoisotopic (exact) mass is 285 g/mol. The van der Waals surface area contributed by atoms with Crippen molar-refractivity contribution in [3.05, 3.63) is 58.5 Å². The van der Waals surface area contributed by atoms with E-state index in [9.17, 15) is 0 Å². The van der Waals surface area contributed by atoms with Crippen molar-refractivity contribution in [2.24, 2.45) is 5.41 Å². The molecule has 0 aliphatic heterocycles.